The fourth-order valence-electron chi connectivity index (χ4n) is 13.9. The van der Waals surface area contributed by atoms with Crippen LogP contribution in [0.25, 0.3) is 22.3 Å². The van der Waals surface area contributed by atoms with Crippen molar-refractivity contribution in [2.75, 3.05) is 4.90 Å². The molecule has 4 fully saturated rings. The summed E-state index contributed by atoms with van der Waals surface area (Å²) in [5.74, 6) is 3.45. The van der Waals surface area contributed by atoms with Gasteiger partial charge in [0.15, 0.2) is 0 Å². The fourth-order valence-corrected chi connectivity index (χ4v) is 15.1. The zero-order chi connectivity index (χ0) is 37.6. The van der Waals surface area contributed by atoms with Gasteiger partial charge in [-0.1, -0.05) is 130 Å². The second kappa shape index (κ2) is 11.5. The van der Waals surface area contributed by atoms with Crippen LogP contribution < -0.4 is 4.90 Å². The Balaban J connectivity index is 1.03. The molecule has 5 aliphatic carbocycles. The van der Waals surface area contributed by atoms with E-state index < -0.39 is 0 Å². The Hall–Kier alpha value is -4.53. The minimum atomic E-state index is 0.117. The van der Waals surface area contributed by atoms with Crippen molar-refractivity contribution in [3.05, 3.63) is 162 Å². The summed E-state index contributed by atoms with van der Waals surface area (Å²) in [6, 6.07) is 53.7. The lowest BCUT2D eigenvalue weighted by molar-refractivity contribution is -0.235. The van der Waals surface area contributed by atoms with Gasteiger partial charge in [-0.05, 0) is 171 Å². The smallest absolute Gasteiger partial charge is 0.0467 e. The summed E-state index contributed by atoms with van der Waals surface area (Å²) in [5, 5.41) is 0. The van der Waals surface area contributed by atoms with Crippen LogP contribution in [0.3, 0.4) is 0 Å². The van der Waals surface area contributed by atoms with E-state index in [0.717, 1.165) is 23.7 Å². The molecule has 0 aromatic heterocycles. The van der Waals surface area contributed by atoms with Gasteiger partial charge in [0.2, 0.25) is 0 Å². The Morgan fingerprint density at radius 2 is 1.18 bits per heavy atom. The van der Waals surface area contributed by atoms with Crippen molar-refractivity contribution >= 4 is 28.8 Å². The van der Waals surface area contributed by atoms with E-state index in [2.05, 4.69) is 172 Å². The fraction of sp³-hybridized carbons (Fsp3) is 0.333. The van der Waals surface area contributed by atoms with Crippen LogP contribution in [0, 0.1) is 29.1 Å². The molecule has 278 valence electrons. The van der Waals surface area contributed by atoms with E-state index in [9.17, 15) is 0 Å². The highest BCUT2D eigenvalue weighted by molar-refractivity contribution is 7.99. The van der Waals surface area contributed by atoms with Crippen LogP contribution in [0.15, 0.2) is 149 Å². The monoisotopic (exact) mass is 745 g/mol. The van der Waals surface area contributed by atoms with Crippen LogP contribution in [0.1, 0.15) is 88.5 Å². The van der Waals surface area contributed by atoms with E-state index in [1.54, 1.807) is 11.1 Å². The van der Waals surface area contributed by atoms with Gasteiger partial charge in [0.25, 0.3) is 0 Å². The van der Waals surface area contributed by atoms with Crippen molar-refractivity contribution in [3.63, 3.8) is 0 Å². The van der Waals surface area contributed by atoms with Crippen LogP contribution in [-0.4, -0.2) is 0 Å². The van der Waals surface area contributed by atoms with Crippen molar-refractivity contribution in [3.8, 4) is 22.3 Å². The van der Waals surface area contributed by atoms with Crippen LogP contribution in [0.4, 0.5) is 17.1 Å². The summed E-state index contributed by atoms with van der Waals surface area (Å²) in [7, 11) is 0. The van der Waals surface area contributed by atoms with Gasteiger partial charge in [-0.15, -0.1) is 0 Å². The molecule has 12 rings (SSSR count). The van der Waals surface area contributed by atoms with Crippen LogP contribution in [-0.2, 0) is 16.2 Å². The third kappa shape index (κ3) is 4.35. The highest BCUT2D eigenvalue weighted by Gasteiger charge is 2.84. The molecule has 56 heavy (non-hydrogen) atoms. The molecule has 2 spiro atoms. The second-order valence-electron chi connectivity index (χ2n) is 19.6. The number of hydrogen-bond acceptors (Lipinski definition) is 2. The molecule has 6 unspecified atom stereocenters. The lowest BCUT2D eigenvalue weighted by atomic mass is 9.26. The van der Waals surface area contributed by atoms with Gasteiger partial charge in [-0.2, -0.15) is 0 Å². The SMILES string of the molecule is CC1(C)CCC(C)(C)c2c(-c3cccc(N(c4ccc(-c5ccccc5)cc4)c4ccc5c(c4)C4(c6ccccc6S5)C5CC6CC7CC4C75C6)c3)cccc21. The van der Waals surface area contributed by atoms with Crippen molar-refractivity contribution in [1.29, 1.82) is 0 Å². The lowest BCUT2D eigenvalue weighted by Gasteiger charge is -2.78. The van der Waals surface area contributed by atoms with Crippen molar-refractivity contribution < 1.29 is 0 Å². The topological polar surface area (TPSA) is 3.24 Å². The van der Waals surface area contributed by atoms with Gasteiger partial charge < -0.3 is 4.90 Å². The first kappa shape index (κ1) is 33.6. The molecule has 0 N–H and O–H groups in total. The molecular formula is C54H51NS. The maximum absolute atomic E-state index is 2.65. The average Bonchev–Trinajstić information content (AvgIpc) is 3.76. The van der Waals surface area contributed by atoms with E-state index in [0.29, 0.717) is 5.41 Å². The molecule has 2 bridgehead atoms. The first-order valence-corrected chi connectivity index (χ1v) is 22.1. The number of nitrogens with zero attached hydrogens (tertiary/aromatic N) is 1. The standard InChI is InChI=1S/C54H51NS/c1-51(2)26-27-52(3,4)50-42(16-11-18-44(50)51)37-14-10-15-40(30-37)55(39-22-20-36(21-23-39)35-12-6-5-7-13-35)41-24-25-47-45(32-41)54(43-17-8-9-19-46(43)56-47)48-29-34-28-38-31-49(54)53(38,48)33-34/h5-25,30,32,34,38,48-49H,26-29,31,33H2,1-4H3. The first-order chi connectivity index (χ1) is 27.2. The molecule has 0 saturated heterocycles. The summed E-state index contributed by atoms with van der Waals surface area (Å²) >= 11 is 2.01. The van der Waals surface area contributed by atoms with Gasteiger partial charge in [0.1, 0.15) is 0 Å². The molecule has 6 aromatic rings. The Labute approximate surface area is 337 Å². The molecular weight excluding hydrogens is 695 g/mol. The van der Waals surface area contributed by atoms with Gasteiger partial charge in [-0.3, -0.25) is 0 Å². The second-order valence-corrected chi connectivity index (χ2v) is 20.7. The predicted molar refractivity (Wildman–Crippen MR) is 233 cm³/mol. The van der Waals surface area contributed by atoms with E-state index in [-0.39, 0.29) is 16.2 Å². The normalized spacial score (nSPS) is 29.0. The molecule has 0 amide bonds. The van der Waals surface area contributed by atoms with E-state index in [4.69, 9.17) is 0 Å². The highest BCUT2D eigenvalue weighted by Crippen LogP contribution is 2.89. The minimum Gasteiger partial charge on any atom is -0.310 e. The van der Waals surface area contributed by atoms with E-state index in [1.165, 1.54) is 98.8 Å². The third-order valence-electron chi connectivity index (χ3n) is 16.2. The number of hydrogen-bond donors (Lipinski definition) is 0. The average molecular weight is 746 g/mol. The molecule has 2 heteroatoms. The summed E-state index contributed by atoms with van der Waals surface area (Å²) in [5.41, 5.74) is 16.2. The minimum absolute atomic E-state index is 0.117. The summed E-state index contributed by atoms with van der Waals surface area (Å²) in [4.78, 5) is 5.52. The number of fused-ring (bicyclic) bond motifs is 8. The summed E-state index contributed by atoms with van der Waals surface area (Å²) in [6.07, 6.45) is 8.23. The first-order valence-electron chi connectivity index (χ1n) is 21.3. The number of benzene rings is 6. The van der Waals surface area contributed by atoms with Crippen molar-refractivity contribution in [1.82, 2.24) is 0 Å². The summed E-state index contributed by atoms with van der Waals surface area (Å²) in [6.45, 7) is 9.79. The van der Waals surface area contributed by atoms with Gasteiger partial charge >= 0.3 is 0 Å². The zero-order valence-electron chi connectivity index (χ0n) is 33.2. The lowest BCUT2D eigenvalue weighted by Crippen LogP contribution is -2.74. The van der Waals surface area contributed by atoms with Gasteiger partial charge in [-0.25, -0.2) is 0 Å². The molecule has 1 aliphatic heterocycles. The molecule has 1 nitrogen and oxygen atoms in total. The van der Waals surface area contributed by atoms with Crippen LogP contribution in [0.2, 0.25) is 0 Å². The van der Waals surface area contributed by atoms with Crippen molar-refractivity contribution in [2.45, 2.75) is 92.3 Å². The van der Waals surface area contributed by atoms with Crippen molar-refractivity contribution in [2.24, 2.45) is 29.1 Å². The maximum Gasteiger partial charge on any atom is 0.0467 e. The zero-order valence-corrected chi connectivity index (χ0v) is 34.0. The Morgan fingerprint density at radius 1 is 0.518 bits per heavy atom. The molecule has 4 saturated carbocycles. The summed E-state index contributed by atoms with van der Waals surface area (Å²) < 4.78 is 0. The number of rotatable bonds is 5. The Morgan fingerprint density at radius 3 is 2.02 bits per heavy atom. The molecule has 6 aromatic carbocycles. The Kier molecular flexibility index (Phi) is 6.92. The van der Waals surface area contributed by atoms with Crippen LogP contribution >= 0.6 is 11.8 Å². The van der Waals surface area contributed by atoms with E-state index >= 15 is 0 Å². The quantitative estimate of drug-likeness (QED) is 0.173. The maximum atomic E-state index is 2.65. The van der Waals surface area contributed by atoms with Gasteiger partial charge in [0, 0.05) is 32.3 Å². The molecule has 0 radical (unpaired) electrons. The largest absolute Gasteiger partial charge is 0.310 e. The number of anilines is 3. The van der Waals surface area contributed by atoms with E-state index in [1.807, 2.05) is 11.8 Å². The molecule has 6 aliphatic rings. The predicted octanol–water partition coefficient (Wildman–Crippen LogP) is 14.7. The third-order valence-corrected chi connectivity index (χ3v) is 17.4. The Bertz CT molecular complexity index is 2560. The molecule has 1 heterocycles. The highest BCUT2D eigenvalue weighted by atomic mass is 32.2. The molecule has 6 atom stereocenters. The van der Waals surface area contributed by atoms with Gasteiger partial charge in [0.05, 0.1) is 0 Å². The van der Waals surface area contributed by atoms with Crippen LogP contribution in [0.5, 0.6) is 0 Å².